The number of likely N-dealkylation sites (N-methyl/N-ethyl adjacent to an activating group) is 1. The van der Waals surface area contributed by atoms with E-state index < -0.39 is 0 Å². The number of carbonyl (C=O) groups is 1. The summed E-state index contributed by atoms with van der Waals surface area (Å²) in [6.07, 6.45) is 1.67. The van der Waals surface area contributed by atoms with Crippen molar-refractivity contribution < 1.29 is 4.79 Å². The Kier molecular flexibility index (Phi) is 2.51. The van der Waals surface area contributed by atoms with Crippen molar-refractivity contribution in [3.05, 3.63) is 29.3 Å². The lowest BCUT2D eigenvalue weighted by atomic mass is 10.0. The van der Waals surface area contributed by atoms with Gasteiger partial charge in [0.25, 0.3) is 0 Å². The molecule has 1 heterocycles. The Hall–Kier alpha value is -1.31. The van der Waals surface area contributed by atoms with E-state index >= 15 is 0 Å². The van der Waals surface area contributed by atoms with Gasteiger partial charge in [-0.25, -0.2) is 0 Å². The summed E-state index contributed by atoms with van der Waals surface area (Å²) in [6.45, 7) is 3.87. The molecule has 2 nitrogen and oxygen atoms in total. The Bertz CT molecular complexity index is 398. The van der Waals surface area contributed by atoms with E-state index in [9.17, 15) is 4.79 Å². The lowest BCUT2D eigenvalue weighted by molar-refractivity contribution is -0.116. The summed E-state index contributed by atoms with van der Waals surface area (Å²) < 4.78 is 0. The van der Waals surface area contributed by atoms with Crippen LogP contribution in [0, 0.1) is 0 Å². The molecule has 1 unspecified atom stereocenters. The van der Waals surface area contributed by atoms with E-state index in [1.807, 2.05) is 0 Å². The summed E-state index contributed by atoms with van der Waals surface area (Å²) in [5, 5.41) is 0. The fraction of sp³-hybridized carbons (Fsp3) is 0.462. The number of nitrogens with zero attached hydrogens (tertiary/aromatic N) is 1. The second kappa shape index (κ2) is 3.69. The van der Waals surface area contributed by atoms with Crippen LogP contribution in [0.5, 0.6) is 0 Å². The molecule has 0 amide bonds. The van der Waals surface area contributed by atoms with Gasteiger partial charge in [0.1, 0.15) is 5.78 Å². The highest BCUT2D eigenvalue weighted by molar-refractivity contribution is 5.78. The third-order valence-electron chi connectivity index (χ3n) is 3.16. The molecule has 1 aliphatic heterocycles. The van der Waals surface area contributed by atoms with Gasteiger partial charge in [-0.2, -0.15) is 0 Å². The van der Waals surface area contributed by atoms with Crippen molar-refractivity contribution in [2.45, 2.75) is 32.7 Å². The quantitative estimate of drug-likeness (QED) is 0.734. The molecule has 0 bridgehead atoms. The summed E-state index contributed by atoms with van der Waals surface area (Å²) in [4.78, 5) is 13.3. The van der Waals surface area contributed by atoms with E-state index in [2.05, 4.69) is 37.1 Å². The Morgan fingerprint density at radius 1 is 1.53 bits per heavy atom. The first-order valence-electron chi connectivity index (χ1n) is 5.42. The van der Waals surface area contributed by atoms with Gasteiger partial charge >= 0.3 is 0 Å². The minimum Gasteiger partial charge on any atom is -0.371 e. The van der Waals surface area contributed by atoms with Gasteiger partial charge in [-0.3, -0.25) is 4.79 Å². The number of rotatable bonds is 2. The van der Waals surface area contributed by atoms with Crippen molar-refractivity contribution >= 4 is 11.5 Å². The first-order valence-corrected chi connectivity index (χ1v) is 5.42. The van der Waals surface area contributed by atoms with Crippen LogP contribution >= 0.6 is 0 Å². The van der Waals surface area contributed by atoms with Gasteiger partial charge in [0.05, 0.1) is 0 Å². The number of hydrogen-bond donors (Lipinski definition) is 0. The minimum atomic E-state index is 0.226. The van der Waals surface area contributed by atoms with Crippen molar-refractivity contribution in [3.8, 4) is 0 Å². The molecule has 0 saturated carbocycles. The summed E-state index contributed by atoms with van der Waals surface area (Å²) in [6, 6.07) is 6.97. The first-order chi connectivity index (χ1) is 7.08. The molecule has 2 rings (SSSR count). The second-order valence-electron chi connectivity index (χ2n) is 4.51. The van der Waals surface area contributed by atoms with Crippen LogP contribution in [-0.4, -0.2) is 18.9 Å². The molecule has 0 radical (unpaired) electrons. The van der Waals surface area contributed by atoms with Gasteiger partial charge in [-0.1, -0.05) is 12.1 Å². The van der Waals surface area contributed by atoms with Crippen LogP contribution in [0.15, 0.2) is 18.2 Å². The zero-order chi connectivity index (χ0) is 11.0. The van der Waals surface area contributed by atoms with Gasteiger partial charge in [0, 0.05) is 25.2 Å². The van der Waals surface area contributed by atoms with Crippen molar-refractivity contribution in [1.82, 2.24) is 0 Å². The molecule has 0 N–H and O–H groups in total. The van der Waals surface area contributed by atoms with Crippen molar-refractivity contribution in [3.63, 3.8) is 0 Å². The van der Waals surface area contributed by atoms with E-state index in [1.54, 1.807) is 6.92 Å². The molecular weight excluding hydrogens is 186 g/mol. The number of carbonyl (C=O) groups excluding carboxylic acids is 1. The third-order valence-corrected chi connectivity index (χ3v) is 3.16. The normalized spacial score (nSPS) is 19.1. The molecule has 0 aromatic heterocycles. The predicted octanol–water partition coefficient (Wildman–Crippen LogP) is 2.20. The monoisotopic (exact) mass is 203 g/mol. The highest BCUT2D eigenvalue weighted by Crippen LogP contribution is 2.31. The molecule has 80 valence electrons. The molecule has 1 aliphatic rings. The van der Waals surface area contributed by atoms with Crippen LogP contribution in [0.25, 0.3) is 0 Å². The molecule has 0 saturated heterocycles. The molecular formula is C13H17NO. The number of hydrogen-bond acceptors (Lipinski definition) is 2. The highest BCUT2D eigenvalue weighted by atomic mass is 16.1. The van der Waals surface area contributed by atoms with Crippen LogP contribution in [0.2, 0.25) is 0 Å². The lowest BCUT2D eigenvalue weighted by Crippen LogP contribution is -2.23. The molecule has 0 aliphatic carbocycles. The summed E-state index contributed by atoms with van der Waals surface area (Å²) in [7, 11) is 2.12. The summed E-state index contributed by atoms with van der Waals surface area (Å²) >= 11 is 0. The first kappa shape index (κ1) is 10.2. The number of benzene rings is 1. The summed E-state index contributed by atoms with van der Waals surface area (Å²) in [5.41, 5.74) is 3.82. The van der Waals surface area contributed by atoms with Gasteiger partial charge in [-0.15, -0.1) is 0 Å². The van der Waals surface area contributed by atoms with Crippen LogP contribution in [0.3, 0.4) is 0 Å². The van der Waals surface area contributed by atoms with Gasteiger partial charge < -0.3 is 4.90 Å². The highest BCUT2D eigenvalue weighted by Gasteiger charge is 2.22. The van der Waals surface area contributed by atoms with E-state index in [-0.39, 0.29) is 5.78 Å². The lowest BCUT2D eigenvalue weighted by Gasteiger charge is -2.18. The maximum Gasteiger partial charge on any atom is 0.134 e. The van der Waals surface area contributed by atoms with Gasteiger partial charge in [-0.05, 0) is 37.5 Å². The van der Waals surface area contributed by atoms with Crippen LogP contribution in [0.4, 0.5) is 5.69 Å². The van der Waals surface area contributed by atoms with Crippen LogP contribution in [0.1, 0.15) is 25.0 Å². The number of ketones is 1. The summed E-state index contributed by atoms with van der Waals surface area (Å²) in [5.74, 6) is 0.226. The van der Waals surface area contributed by atoms with Gasteiger partial charge in [0.15, 0.2) is 0 Å². The standard InChI is InChI=1S/C13H17NO/c1-9-6-12-5-4-11(7-10(2)15)8-13(12)14(9)3/h4-5,8-9H,6-7H2,1-3H3. The predicted molar refractivity (Wildman–Crippen MR) is 62.4 cm³/mol. The molecule has 0 fully saturated rings. The maximum absolute atomic E-state index is 11.0. The minimum absolute atomic E-state index is 0.226. The molecule has 15 heavy (non-hydrogen) atoms. The Labute approximate surface area is 90.9 Å². The van der Waals surface area contributed by atoms with Crippen LogP contribution < -0.4 is 4.90 Å². The Morgan fingerprint density at radius 3 is 2.93 bits per heavy atom. The van der Waals surface area contributed by atoms with Crippen molar-refractivity contribution in [1.29, 1.82) is 0 Å². The molecule has 1 aromatic rings. The van der Waals surface area contributed by atoms with E-state index in [1.165, 1.54) is 11.3 Å². The largest absolute Gasteiger partial charge is 0.371 e. The zero-order valence-corrected chi connectivity index (χ0v) is 9.58. The average Bonchev–Trinajstić information content (AvgIpc) is 2.43. The fourth-order valence-corrected chi connectivity index (χ4v) is 2.20. The molecule has 1 aromatic carbocycles. The van der Waals surface area contributed by atoms with E-state index in [4.69, 9.17) is 0 Å². The molecule has 2 heteroatoms. The average molecular weight is 203 g/mol. The number of anilines is 1. The van der Waals surface area contributed by atoms with E-state index in [0.717, 1.165) is 12.0 Å². The maximum atomic E-state index is 11.0. The molecule has 0 spiro atoms. The fourth-order valence-electron chi connectivity index (χ4n) is 2.20. The molecule has 1 atom stereocenters. The zero-order valence-electron chi connectivity index (χ0n) is 9.58. The van der Waals surface area contributed by atoms with Gasteiger partial charge in [0.2, 0.25) is 0 Å². The smallest absolute Gasteiger partial charge is 0.134 e. The number of fused-ring (bicyclic) bond motifs is 1. The van der Waals surface area contributed by atoms with E-state index in [0.29, 0.717) is 12.5 Å². The Morgan fingerprint density at radius 2 is 2.27 bits per heavy atom. The van der Waals surface area contributed by atoms with Crippen LogP contribution in [-0.2, 0) is 17.6 Å². The topological polar surface area (TPSA) is 20.3 Å². The Balaban J connectivity index is 2.31. The number of Topliss-reactive ketones (excluding diaryl/α,β-unsaturated/α-hetero) is 1. The van der Waals surface area contributed by atoms with Crippen molar-refractivity contribution in [2.75, 3.05) is 11.9 Å². The van der Waals surface area contributed by atoms with Crippen molar-refractivity contribution in [2.24, 2.45) is 0 Å². The third kappa shape index (κ3) is 1.89. The SMILES string of the molecule is CC(=O)Cc1ccc2c(c1)N(C)C(C)C2. The second-order valence-corrected chi connectivity index (χ2v) is 4.51.